The highest BCUT2D eigenvalue weighted by atomic mass is 19.4. The first kappa shape index (κ1) is 12.6. The number of halogens is 6. The van der Waals surface area contributed by atoms with Crippen LogP contribution in [0.25, 0.3) is 0 Å². The second-order valence-electron chi connectivity index (χ2n) is 3.54. The van der Waals surface area contributed by atoms with Crippen LogP contribution in [0.2, 0.25) is 0 Å². The number of nitrogens with zero attached hydrogens (tertiary/aromatic N) is 1. The van der Waals surface area contributed by atoms with E-state index in [-0.39, 0.29) is 18.0 Å². The molecule has 0 radical (unpaired) electrons. The summed E-state index contributed by atoms with van der Waals surface area (Å²) < 4.78 is 74.1. The monoisotopic (exact) mass is 235 g/mol. The van der Waals surface area contributed by atoms with Crippen molar-refractivity contribution in [3.8, 4) is 0 Å². The fraction of sp³-hybridized carbons (Fsp3) is 1.00. The van der Waals surface area contributed by atoms with Gasteiger partial charge in [-0.1, -0.05) is 6.42 Å². The molecule has 1 rings (SSSR count). The van der Waals surface area contributed by atoms with Crippen LogP contribution in [0.3, 0.4) is 0 Å². The molecular weight excluding hydrogens is 224 g/mol. The lowest BCUT2D eigenvalue weighted by molar-refractivity contribution is -0.290. The van der Waals surface area contributed by atoms with Gasteiger partial charge in [0.25, 0.3) is 6.17 Å². The molecule has 0 saturated carbocycles. The number of rotatable bonds is 2. The summed E-state index contributed by atoms with van der Waals surface area (Å²) in [5, 5.41) is 0. The maximum absolute atomic E-state index is 13.0. The third-order valence-corrected chi connectivity index (χ3v) is 2.37. The Labute approximate surface area is 83.0 Å². The zero-order valence-electron chi connectivity index (χ0n) is 7.83. The van der Waals surface area contributed by atoms with Gasteiger partial charge in [0.15, 0.2) is 0 Å². The molecular formula is C8H11F6N. The minimum atomic E-state index is -5.51. The summed E-state index contributed by atoms with van der Waals surface area (Å²) in [6, 6.07) is -4.45. The molecule has 0 N–H and O–H groups in total. The average molecular weight is 235 g/mol. The Balaban J connectivity index is 2.71. The summed E-state index contributed by atoms with van der Waals surface area (Å²) in [5.41, 5.74) is 0. The first-order valence-electron chi connectivity index (χ1n) is 4.60. The van der Waals surface area contributed by atoms with Crippen LogP contribution in [0.5, 0.6) is 0 Å². The van der Waals surface area contributed by atoms with Gasteiger partial charge in [0.2, 0.25) is 0 Å². The van der Waals surface area contributed by atoms with Gasteiger partial charge >= 0.3 is 12.2 Å². The van der Waals surface area contributed by atoms with E-state index >= 15 is 0 Å². The van der Waals surface area contributed by atoms with Crippen LogP contribution in [0, 0.1) is 0 Å². The smallest absolute Gasteiger partial charge is 0.242 e. The largest absolute Gasteiger partial charge is 0.427 e. The lowest BCUT2D eigenvalue weighted by Crippen LogP contribution is -2.55. The van der Waals surface area contributed by atoms with Gasteiger partial charge in [-0.15, -0.1) is 0 Å². The van der Waals surface area contributed by atoms with E-state index in [1.54, 1.807) is 0 Å². The van der Waals surface area contributed by atoms with Crippen LogP contribution in [-0.4, -0.2) is 36.4 Å². The Morgan fingerprint density at radius 1 is 0.867 bits per heavy atom. The molecule has 1 nitrogen and oxygen atoms in total. The second kappa shape index (κ2) is 4.19. The third kappa shape index (κ3) is 2.76. The number of hydrogen-bond donors (Lipinski definition) is 0. The molecule has 1 unspecified atom stereocenters. The van der Waals surface area contributed by atoms with Crippen molar-refractivity contribution < 1.29 is 26.3 Å². The maximum Gasteiger partial charge on any atom is 0.427 e. The topological polar surface area (TPSA) is 3.24 Å². The van der Waals surface area contributed by atoms with Crippen molar-refractivity contribution in [3.05, 3.63) is 0 Å². The maximum atomic E-state index is 13.0. The fourth-order valence-corrected chi connectivity index (χ4v) is 1.55. The zero-order chi connectivity index (χ0) is 11.7. The average Bonchev–Trinajstić information content (AvgIpc) is 2.16. The Morgan fingerprint density at radius 2 is 1.33 bits per heavy atom. The first-order valence-corrected chi connectivity index (χ1v) is 4.60. The van der Waals surface area contributed by atoms with Crippen molar-refractivity contribution in [1.82, 2.24) is 4.90 Å². The van der Waals surface area contributed by atoms with Crippen molar-refractivity contribution in [3.63, 3.8) is 0 Å². The van der Waals surface area contributed by atoms with Crippen LogP contribution in [0.15, 0.2) is 0 Å². The van der Waals surface area contributed by atoms with Gasteiger partial charge in [-0.2, -0.15) is 22.0 Å². The molecule has 0 aromatic carbocycles. The van der Waals surface area contributed by atoms with Gasteiger partial charge in [0.05, 0.1) is 0 Å². The standard InChI is InChI=1S/C8H11F6N/c9-6(7(10,11)12)8(13,14)15-4-2-1-3-5-15/h6H,1-5H2. The second-order valence-corrected chi connectivity index (χ2v) is 3.54. The molecule has 1 fully saturated rings. The normalized spacial score (nSPS) is 22.8. The summed E-state index contributed by atoms with van der Waals surface area (Å²) >= 11 is 0. The van der Waals surface area contributed by atoms with E-state index in [4.69, 9.17) is 0 Å². The van der Waals surface area contributed by atoms with Gasteiger partial charge in [-0.05, 0) is 12.8 Å². The summed E-state index contributed by atoms with van der Waals surface area (Å²) in [6.45, 7) is -0.382. The predicted octanol–water partition coefficient (Wildman–Crippen LogP) is 2.97. The lowest BCUT2D eigenvalue weighted by atomic mass is 10.1. The summed E-state index contributed by atoms with van der Waals surface area (Å²) in [6.07, 6.45) is -8.18. The van der Waals surface area contributed by atoms with Crippen molar-refractivity contribution in [2.45, 2.75) is 37.7 Å². The molecule has 1 aliphatic heterocycles. The van der Waals surface area contributed by atoms with Gasteiger partial charge in [0.1, 0.15) is 0 Å². The molecule has 15 heavy (non-hydrogen) atoms. The Bertz CT molecular complexity index is 208. The summed E-state index contributed by atoms with van der Waals surface area (Å²) in [5.74, 6) is 0. The molecule has 1 heterocycles. The van der Waals surface area contributed by atoms with E-state index < -0.39 is 18.4 Å². The molecule has 7 heteroatoms. The zero-order valence-corrected chi connectivity index (χ0v) is 7.83. The molecule has 0 aromatic rings. The summed E-state index contributed by atoms with van der Waals surface area (Å²) in [7, 11) is 0. The summed E-state index contributed by atoms with van der Waals surface area (Å²) in [4.78, 5) is 0.272. The van der Waals surface area contributed by atoms with Crippen molar-refractivity contribution in [2.24, 2.45) is 0 Å². The van der Waals surface area contributed by atoms with Crippen LogP contribution in [0.4, 0.5) is 26.3 Å². The number of hydrogen-bond acceptors (Lipinski definition) is 1. The number of likely N-dealkylation sites (tertiary alicyclic amines) is 1. The van der Waals surface area contributed by atoms with E-state index in [9.17, 15) is 26.3 Å². The highest BCUT2D eigenvalue weighted by Gasteiger charge is 2.59. The molecule has 0 aromatic heterocycles. The third-order valence-electron chi connectivity index (χ3n) is 2.37. The highest BCUT2D eigenvalue weighted by molar-refractivity contribution is 4.84. The van der Waals surface area contributed by atoms with Crippen molar-refractivity contribution in [1.29, 1.82) is 0 Å². The van der Waals surface area contributed by atoms with Crippen molar-refractivity contribution in [2.75, 3.05) is 13.1 Å². The van der Waals surface area contributed by atoms with E-state index in [0.717, 1.165) is 0 Å². The van der Waals surface area contributed by atoms with Gasteiger partial charge in [-0.25, -0.2) is 9.29 Å². The first-order chi connectivity index (χ1) is 6.76. The minimum Gasteiger partial charge on any atom is -0.242 e. The highest BCUT2D eigenvalue weighted by Crippen LogP contribution is 2.38. The minimum absolute atomic E-state index is 0.191. The van der Waals surface area contributed by atoms with Crippen molar-refractivity contribution >= 4 is 0 Å². The molecule has 1 saturated heterocycles. The number of piperidine rings is 1. The molecule has 90 valence electrons. The van der Waals surface area contributed by atoms with E-state index in [1.807, 2.05) is 0 Å². The fourth-order valence-electron chi connectivity index (χ4n) is 1.55. The molecule has 0 amide bonds. The van der Waals surface area contributed by atoms with Crippen LogP contribution >= 0.6 is 0 Å². The van der Waals surface area contributed by atoms with Gasteiger partial charge in [0, 0.05) is 13.1 Å². The van der Waals surface area contributed by atoms with Crippen LogP contribution < -0.4 is 0 Å². The quantitative estimate of drug-likeness (QED) is 0.525. The Kier molecular flexibility index (Phi) is 3.52. The predicted molar refractivity (Wildman–Crippen MR) is 41.3 cm³/mol. The number of alkyl halides is 6. The van der Waals surface area contributed by atoms with Gasteiger partial charge in [-0.3, -0.25) is 0 Å². The van der Waals surface area contributed by atoms with E-state index in [2.05, 4.69) is 0 Å². The Hall–Kier alpha value is -0.460. The molecule has 1 aliphatic rings. The Morgan fingerprint density at radius 3 is 1.73 bits per heavy atom. The molecule has 0 aliphatic carbocycles. The van der Waals surface area contributed by atoms with E-state index in [1.165, 1.54) is 0 Å². The molecule has 1 atom stereocenters. The van der Waals surface area contributed by atoms with Crippen LogP contribution in [0.1, 0.15) is 19.3 Å². The lowest BCUT2D eigenvalue weighted by Gasteiger charge is -2.35. The molecule has 0 bridgehead atoms. The van der Waals surface area contributed by atoms with Crippen LogP contribution in [-0.2, 0) is 0 Å². The molecule has 0 spiro atoms. The van der Waals surface area contributed by atoms with Gasteiger partial charge < -0.3 is 0 Å². The SMILES string of the molecule is FC(C(F)(F)F)C(F)(F)N1CCCCC1. The van der Waals surface area contributed by atoms with E-state index in [0.29, 0.717) is 19.3 Å².